The summed E-state index contributed by atoms with van der Waals surface area (Å²) in [5.41, 5.74) is 7.02. The van der Waals surface area contributed by atoms with Crippen molar-refractivity contribution < 1.29 is 38.9 Å². The number of imide groups is 1. The van der Waals surface area contributed by atoms with E-state index in [4.69, 9.17) is 10.5 Å². The summed E-state index contributed by atoms with van der Waals surface area (Å²) in [7, 11) is 0. The smallest absolute Gasteiger partial charge is 0.417 e. The topological polar surface area (TPSA) is 200 Å². The first-order chi connectivity index (χ1) is 26.8. The van der Waals surface area contributed by atoms with E-state index in [1.165, 1.54) is 13.8 Å². The largest absolute Gasteiger partial charge is 0.444 e. The van der Waals surface area contributed by atoms with Gasteiger partial charge in [0.15, 0.2) is 0 Å². The molecule has 13 heteroatoms. The number of nitrogens with one attached hydrogen (secondary N) is 3. The third-order valence-electron chi connectivity index (χ3n) is 9.90. The van der Waals surface area contributed by atoms with Gasteiger partial charge in [0.25, 0.3) is 0 Å². The molecular formula is C43H59N5O8. The standard InChI is InChI=1S/C43H59N5O8/c1-6-7-10-23-38(51)47-43(41(54)46-37(27-50)29(2)3,24-34-21-15-16-22-36(34)33-19-13-9-14-20-33)35(26-49)25-45-39(52)31(5)48(40(53)30(4)44)42(55)56-28-32-17-11-8-12-18-32/h8-9,11-22,29-31,35,37,49-50H,6-7,10,23-28,44H2,1-5H3,(H,45,52)(H,46,54)(H,47,51)/t30-,31-,35?,37?,43+/m0/s1. The average Bonchev–Trinajstić information content (AvgIpc) is 3.19. The fourth-order valence-corrected chi connectivity index (χ4v) is 6.38. The predicted octanol–water partition coefficient (Wildman–Crippen LogP) is 4.09. The highest BCUT2D eigenvalue weighted by molar-refractivity contribution is 6.00. The van der Waals surface area contributed by atoms with Crippen LogP contribution in [0.15, 0.2) is 84.9 Å². The van der Waals surface area contributed by atoms with Gasteiger partial charge in [0.05, 0.1) is 25.3 Å². The van der Waals surface area contributed by atoms with E-state index in [2.05, 4.69) is 16.0 Å². The molecule has 0 bridgehead atoms. The lowest BCUT2D eigenvalue weighted by Gasteiger charge is -2.41. The van der Waals surface area contributed by atoms with E-state index in [0.29, 0.717) is 22.4 Å². The van der Waals surface area contributed by atoms with E-state index in [0.717, 1.165) is 24.0 Å². The first kappa shape index (κ1) is 45.3. The van der Waals surface area contributed by atoms with Crippen LogP contribution >= 0.6 is 0 Å². The summed E-state index contributed by atoms with van der Waals surface area (Å²) in [5, 5.41) is 30.0. The Labute approximate surface area is 330 Å². The number of aliphatic hydroxyl groups is 2. The number of nitrogens with zero attached hydrogens (tertiary/aromatic N) is 1. The molecule has 0 fully saturated rings. The average molecular weight is 774 g/mol. The second-order valence-corrected chi connectivity index (χ2v) is 14.5. The van der Waals surface area contributed by atoms with Crippen molar-refractivity contribution in [3.63, 3.8) is 0 Å². The van der Waals surface area contributed by atoms with Gasteiger partial charge in [0.2, 0.25) is 23.6 Å². The van der Waals surface area contributed by atoms with Crippen LogP contribution in [0.2, 0.25) is 0 Å². The van der Waals surface area contributed by atoms with Crippen LogP contribution in [0, 0.1) is 11.8 Å². The van der Waals surface area contributed by atoms with E-state index in [1.807, 2.05) is 75.4 Å². The van der Waals surface area contributed by atoms with E-state index in [-0.39, 0.29) is 38.5 Å². The van der Waals surface area contributed by atoms with Crippen LogP contribution in [0.5, 0.6) is 0 Å². The zero-order valence-electron chi connectivity index (χ0n) is 33.2. The number of unbranched alkanes of at least 4 members (excludes halogenated alkanes) is 2. The first-order valence-electron chi connectivity index (χ1n) is 19.3. The minimum Gasteiger partial charge on any atom is -0.444 e. The first-order valence-corrected chi connectivity index (χ1v) is 19.3. The van der Waals surface area contributed by atoms with Crippen LogP contribution in [-0.4, -0.2) is 88.3 Å². The molecule has 2 unspecified atom stereocenters. The zero-order valence-corrected chi connectivity index (χ0v) is 33.2. The van der Waals surface area contributed by atoms with Gasteiger partial charge in [-0.15, -0.1) is 0 Å². The Bertz CT molecular complexity index is 1720. The summed E-state index contributed by atoms with van der Waals surface area (Å²) in [6.45, 7) is 6.83. The normalized spacial score (nSPS) is 14.4. The number of amides is 5. The molecule has 5 atom stereocenters. The van der Waals surface area contributed by atoms with E-state index < -0.39 is 65.9 Å². The van der Waals surface area contributed by atoms with Crippen LogP contribution in [0.25, 0.3) is 11.1 Å². The molecule has 7 N–H and O–H groups in total. The van der Waals surface area contributed by atoms with Crippen molar-refractivity contribution in [1.29, 1.82) is 0 Å². The molecule has 0 aromatic heterocycles. The van der Waals surface area contributed by atoms with Crippen LogP contribution in [0.3, 0.4) is 0 Å². The molecule has 0 aliphatic carbocycles. The number of benzene rings is 3. The minimum atomic E-state index is -1.86. The highest BCUT2D eigenvalue weighted by atomic mass is 16.6. The number of rotatable bonds is 21. The van der Waals surface area contributed by atoms with Gasteiger partial charge in [0, 0.05) is 25.3 Å². The van der Waals surface area contributed by atoms with Crippen molar-refractivity contribution in [3.8, 4) is 11.1 Å². The van der Waals surface area contributed by atoms with Gasteiger partial charge < -0.3 is 36.6 Å². The van der Waals surface area contributed by atoms with Gasteiger partial charge in [0.1, 0.15) is 18.2 Å². The summed E-state index contributed by atoms with van der Waals surface area (Å²) in [6, 6.07) is 22.5. The monoisotopic (exact) mass is 773 g/mol. The molecule has 0 radical (unpaired) electrons. The summed E-state index contributed by atoms with van der Waals surface area (Å²) < 4.78 is 5.40. The molecule has 3 rings (SSSR count). The second kappa shape index (κ2) is 22.4. The molecule has 0 saturated carbocycles. The Hall–Kier alpha value is -5.11. The van der Waals surface area contributed by atoms with Gasteiger partial charge in [-0.25, -0.2) is 9.69 Å². The molecule has 3 aromatic carbocycles. The van der Waals surface area contributed by atoms with Crippen molar-refractivity contribution in [1.82, 2.24) is 20.9 Å². The van der Waals surface area contributed by atoms with Crippen molar-refractivity contribution in [3.05, 3.63) is 96.1 Å². The Morgan fingerprint density at radius 1 is 0.839 bits per heavy atom. The maximum Gasteiger partial charge on any atom is 0.417 e. The molecule has 13 nitrogen and oxygen atoms in total. The summed E-state index contributed by atoms with van der Waals surface area (Å²) in [5.74, 6) is -4.06. The molecule has 56 heavy (non-hydrogen) atoms. The maximum absolute atomic E-state index is 14.8. The van der Waals surface area contributed by atoms with Crippen molar-refractivity contribution in [2.24, 2.45) is 17.6 Å². The van der Waals surface area contributed by atoms with Crippen molar-refractivity contribution in [2.45, 2.75) is 97.0 Å². The van der Waals surface area contributed by atoms with Crippen LogP contribution < -0.4 is 21.7 Å². The van der Waals surface area contributed by atoms with Crippen LogP contribution in [0.4, 0.5) is 4.79 Å². The van der Waals surface area contributed by atoms with Gasteiger partial charge in [-0.1, -0.05) is 119 Å². The third-order valence-corrected chi connectivity index (χ3v) is 9.90. The lowest BCUT2D eigenvalue weighted by Crippen LogP contribution is -2.68. The number of hydrogen-bond acceptors (Lipinski definition) is 9. The second-order valence-electron chi connectivity index (χ2n) is 14.5. The van der Waals surface area contributed by atoms with Gasteiger partial charge in [-0.05, 0) is 48.4 Å². The predicted molar refractivity (Wildman–Crippen MR) is 215 cm³/mol. The number of hydrogen-bond donors (Lipinski definition) is 6. The number of nitrogens with two attached hydrogens (primary N) is 1. The molecule has 3 aromatic rings. The fraction of sp³-hybridized carbons (Fsp3) is 0.465. The third kappa shape index (κ3) is 12.5. The number of carbonyl (C=O) groups is 5. The quantitative estimate of drug-likeness (QED) is 0.0863. The lowest BCUT2D eigenvalue weighted by molar-refractivity contribution is -0.140. The minimum absolute atomic E-state index is 0.0998. The molecule has 0 spiro atoms. The van der Waals surface area contributed by atoms with Crippen LogP contribution in [0.1, 0.15) is 71.4 Å². The van der Waals surface area contributed by atoms with Crippen LogP contribution in [-0.2, 0) is 36.9 Å². The Morgan fingerprint density at radius 2 is 1.46 bits per heavy atom. The number of carbonyl (C=O) groups excluding carboxylic acids is 5. The summed E-state index contributed by atoms with van der Waals surface area (Å²) in [6.07, 6.45) is 1.14. The molecule has 304 valence electrons. The van der Waals surface area contributed by atoms with Gasteiger partial charge in [-0.3, -0.25) is 19.2 Å². The molecule has 0 heterocycles. The Kier molecular flexibility index (Phi) is 18.1. The summed E-state index contributed by atoms with van der Waals surface area (Å²) in [4.78, 5) is 69.6. The molecular weight excluding hydrogens is 714 g/mol. The zero-order chi connectivity index (χ0) is 41.3. The molecule has 0 aliphatic heterocycles. The molecule has 0 saturated heterocycles. The number of ether oxygens (including phenoxy) is 1. The van der Waals surface area contributed by atoms with Crippen molar-refractivity contribution in [2.75, 3.05) is 19.8 Å². The highest BCUT2D eigenvalue weighted by Gasteiger charge is 2.48. The van der Waals surface area contributed by atoms with Gasteiger partial charge >= 0.3 is 6.09 Å². The summed E-state index contributed by atoms with van der Waals surface area (Å²) >= 11 is 0. The van der Waals surface area contributed by atoms with E-state index in [1.54, 1.807) is 30.3 Å². The van der Waals surface area contributed by atoms with Gasteiger partial charge in [-0.2, -0.15) is 0 Å². The van der Waals surface area contributed by atoms with E-state index >= 15 is 0 Å². The SMILES string of the molecule is CCCCCC(=O)N[C@@](Cc1ccccc1-c1ccccc1)(C(=O)NC(CO)C(C)C)C(CO)CNC(=O)[C@H](C)N(C(=O)OCc1ccccc1)C(=O)[C@H](C)N. The maximum atomic E-state index is 14.8. The fourth-order valence-electron chi connectivity index (χ4n) is 6.38. The lowest BCUT2D eigenvalue weighted by atomic mass is 9.76. The molecule has 0 aliphatic rings. The number of aliphatic hydroxyl groups excluding tert-OH is 2. The molecule has 5 amide bonds. The highest BCUT2D eigenvalue weighted by Crippen LogP contribution is 2.31. The Morgan fingerprint density at radius 3 is 2.05 bits per heavy atom. The Balaban J connectivity index is 2.07. The van der Waals surface area contributed by atoms with E-state index in [9.17, 15) is 34.2 Å². The van der Waals surface area contributed by atoms with Crippen molar-refractivity contribution >= 4 is 29.7 Å².